The lowest BCUT2D eigenvalue weighted by Crippen LogP contribution is -2.04. The third-order valence-corrected chi connectivity index (χ3v) is 2.84. The van der Waals surface area contributed by atoms with Crippen LogP contribution in [0.15, 0.2) is 54.6 Å². The minimum atomic E-state index is -0.590. The Balaban J connectivity index is 1.92. The molecule has 1 atom stereocenters. The van der Waals surface area contributed by atoms with Gasteiger partial charge in [0.25, 0.3) is 0 Å². The van der Waals surface area contributed by atoms with Gasteiger partial charge in [-0.2, -0.15) is 0 Å². The topological polar surface area (TPSA) is 38.7 Å². The lowest BCUT2D eigenvalue weighted by atomic mass is 10.1. The zero-order valence-electron chi connectivity index (χ0n) is 11.0. The monoisotopic (exact) mass is 258 g/mol. The van der Waals surface area contributed by atoms with E-state index in [1.807, 2.05) is 54.6 Å². The van der Waals surface area contributed by atoms with E-state index in [1.54, 1.807) is 7.11 Å². The average Bonchev–Trinajstić information content (AvgIpc) is 2.47. The van der Waals surface area contributed by atoms with E-state index in [2.05, 4.69) is 0 Å². The van der Waals surface area contributed by atoms with E-state index in [0.29, 0.717) is 13.2 Å². The molecule has 0 spiro atoms. The first-order valence-electron chi connectivity index (χ1n) is 6.23. The molecule has 3 heteroatoms. The van der Waals surface area contributed by atoms with Gasteiger partial charge in [0.15, 0.2) is 0 Å². The average molecular weight is 258 g/mol. The minimum Gasteiger partial charge on any atom is -0.489 e. The number of aliphatic hydroxyl groups excluding tert-OH is 1. The van der Waals surface area contributed by atoms with Crippen LogP contribution in [0.5, 0.6) is 5.75 Å². The summed E-state index contributed by atoms with van der Waals surface area (Å²) in [7, 11) is 1.57. The van der Waals surface area contributed by atoms with E-state index in [9.17, 15) is 5.11 Å². The highest BCUT2D eigenvalue weighted by molar-refractivity contribution is 5.29. The molecule has 0 aliphatic rings. The largest absolute Gasteiger partial charge is 0.489 e. The lowest BCUT2D eigenvalue weighted by molar-refractivity contribution is 0.0643. The molecule has 0 bridgehead atoms. The van der Waals surface area contributed by atoms with Gasteiger partial charge in [-0.3, -0.25) is 0 Å². The van der Waals surface area contributed by atoms with Gasteiger partial charge in [-0.1, -0.05) is 42.5 Å². The molecule has 2 rings (SSSR count). The van der Waals surface area contributed by atoms with E-state index in [0.717, 1.165) is 16.9 Å². The number of hydrogen-bond acceptors (Lipinski definition) is 3. The highest BCUT2D eigenvalue weighted by atomic mass is 16.5. The van der Waals surface area contributed by atoms with Crippen LogP contribution < -0.4 is 4.74 Å². The number of methoxy groups -OCH3 is 1. The number of benzene rings is 2. The fourth-order valence-corrected chi connectivity index (χ4v) is 1.78. The molecule has 0 fully saturated rings. The van der Waals surface area contributed by atoms with Crippen LogP contribution in [0.1, 0.15) is 17.2 Å². The van der Waals surface area contributed by atoms with Gasteiger partial charge in [-0.15, -0.1) is 0 Å². The second-order valence-electron chi connectivity index (χ2n) is 4.31. The molecular formula is C16H18O3. The molecule has 0 aliphatic carbocycles. The van der Waals surface area contributed by atoms with Crippen LogP contribution >= 0.6 is 0 Å². The fraction of sp³-hybridized carbons (Fsp3) is 0.250. The molecule has 0 radical (unpaired) electrons. The summed E-state index contributed by atoms with van der Waals surface area (Å²) in [6.07, 6.45) is -0.590. The van der Waals surface area contributed by atoms with Crippen molar-refractivity contribution in [1.29, 1.82) is 0 Å². The normalized spacial score (nSPS) is 12.1. The van der Waals surface area contributed by atoms with Crippen LogP contribution in [-0.2, 0) is 11.3 Å². The number of ether oxygens (including phenoxy) is 2. The highest BCUT2D eigenvalue weighted by Gasteiger charge is 2.06. The van der Waals surface area contributed by atoms with Crippen molar-refractivity contribution in [2.45, 2.75) is 12.7 Å². The van der Waals surface area contributed by atoms with Crippen LogP contribution in [0.25, 0.3) is 0 Å². The zero-order valence-corrected chi connectivity index (χ0v) is 11.0. The molecule has 0 saturated heterocycles. The Morgan fingerprint density at radius 1 is 1.00 bits per heavy atom. The summed E-state index contributed by atoms with van der Waals surface area (Å²) in [6.45, 7) is 0.838. The molecule has 0 saturated carbocycles. The van der Waals surface area contributed by atoms with E-state index in [-0.39, 0.29) is 0 Å². The molecule has 3 nitrogen and oxygen atoms in total. The Kier molecular flexibility index (Phi) is 4.95. The third-order valence-electron chi connectivity index (χ3n) is 2.84. The van der Waals surface area contributed by atoms with Gasteiger partial charge >= 0.3 is 0 Å². The van der Waals surface area contributed by atoms with Crippen LogP contribution in [0.3, 0.4) is 0 Å². The minimum absolute atomic E-state index is 0.296. The van der Waals surface area contributed by atoms with Crippen molar-refractivity contribution in [3.05, 3.63) is 65.7 Å². The van der Waals surface area contributed by atoms with Crippen molar-refractivity contribution in [3.8, 4) is 5.75 Å². The van der Waals surface area contributed by atoms with Crippen molar-refractivity contribution in [1.82, 2.24) is 0 Å². The van der Waals surface area contributed by atoms with Crippen molar-refractivity contribution in [2.24, 2.45) is 0 Å². The SMILES string of the molecule is COCC(O)c1ccc(OCc2ccccc2)cc1. The Hall–Kier alpha value is -1.84. The smallest absolute Gasteiger partial charge is 0.119 e. The summed E-state index contributed by atoms with van der Waals surface area (Å²) < 4.78 is 10.6. The summed E-state index contributed by atoms with van der Waals surface area (Å²) in [5.41, 5.74) is 1.96. The molecule has 100 valence electrons. The van der Waals surface area contributed by atoms with Crippen molar-refractivity contribution in [2.75, 3.05) is 13.7 Å². The Morgan fingerprint density at radius 3 is 2.32 bits per heavy atom. The van der Waals surface area contributed by atoms with Gasteiger partial charge < -0.3 is 14.6 Å². The summed E-state index contributed by atoms with van der Waals surface area (Å²) in [6, 6.07) is 17.4. The molecule has 2 aromatic rings. The second-order valence-corrected chi connectivity index (χ2v) is 4.31. The number of hydrogen-bond donors (Lipinski definition) is 1. The van der Waals surface area contributed by atoms with Gasteiger partial charge in [0.2, 0.25) is 0 Å². The predicted octanol–water partition coefficient (Wildman–Crippen LogP) is 2.95. The maximum absolute atomic E-state index is 9.75. The molecule has 0 heterocycles. The van der Waals surface area contributed by atoms with E-state index in [1.165, 1.54) is 0 Å². The molecule has 19 heavy (non-hydrogen) atoms. The van der Waals surface area contributed by atoms with Gasteiger partial charge in [0, 0.05) is 7.11 Å². The number of aliphatic hydroxyl groups is 1. The van der Waals surface area contributed by atoms with Crippen molar-refractivity contribution < 1.29 is 14.6 Å². The first-order valence-corrected chi connectivity index (χ1v) is 6.23. The molecule has 1 unspecified atom stereocenters. The van der Waals surface area contributed by atoms with Gasteiger partial charge in [0.05, 0.1) is 6.61 Å². The fourth-order valence-electron chi connectivity index (χ4n) is 1.78. The second kappa shape index (κ2) is 6.92. The highest BCUT2D eigenvalue weighted by Crippen LogP contribution is 2.18. The first kappa shape index (κ1) is 13.6. The van der Waals surface area contributed by atoms with Crippen molar-refractivity contribution >= 4 is 0 Å². The maximum atomic E-state index is 9.75. The van der Waals surface area contributed by atoms with Gasteiger partial charge in [-0.05, 0) is 23.3 Å². The summed E-state index contributed by atoms with van der Waals surface area (Å²) in [4.78, 5) is 0. The predicted molar refractivity (Wildman–Crippen MR) is 74.1 cm³/mol. The van der Waals surface area contributed by atoms with E-state index < -0.39 is 6.10 Å². The Labute approximate surface area is 113 Å². The van der Waals surface area contributed by atoms with Crippen molar-refractivity contribution in [3.63, 3.8) is 0 Å². The standard InChI is InChI=1S/C16H18O3/c1-18-12-16(17)14-7-9-15(10-8-14)19-11-13-5-3-2-4-6-13/h2-10,16-17H,11-12H2,1H3. The quantitative estimate of drug-likeness (QED) is 0.865. The van der Waals surface area contributed by atoms with E-state index in [4.69, 9.17) is 9.47 Å². The molecule has 1 N–H and O–H groups in total. The molecular weight excluding hydrogens is 240 g/mol. The summed E-state index contributed by atoms with van der Waals surface area (Å²) >= 11 is 0. The first-order chi connectivity index (χ1) is 9.29. The van der Waals surface area contributed by atoms with Crippen LogP contribution in [-0.4, -0.2) is 18.8 Å². The molecule has 0 aromatic heterocycles. The number of rotatable bonds is 6. The maximum Gasteiger partial charge on any atom is 0.119 e. The van der Waals surface area contributed by atoms with Crippen LogP contribution in [0, 0.1) is 0 Å². The summed E-state index contributed by atoms with van der Waals surface area (Å²) in [5.74, 6) is 0.789. The van der Waals surface area contributed by atoms with Gasteiger partial charge in [-0.25, -0.2) is 0 Å². The van der Waals surface area contributed by atoms with E-state index >= 15 is 0 Å². The lowest BCUT2D eigenvalue weighted by Gasteiger charge is -2.11. The molecule has 0 aliphatic heterocycles. The van der Waals surface area contributed by atoms with Crippen LogP contribution in [0.4, 0.5) is 0 Å². The molecule has 0 amide bonds. The van der Waals surface area contributed by atoms with Gasteiger partial charge in [0.1, 0.15) is 18.5 Å². The molecule has 2 aromatic carbocycles. The third kappa shape index (κ3) is 4.09. The van der Waals surface area contributed by atoms with Crippen LogP contribution in [0.2, 0.25) is 0 Å². The Bertz CT molecular complexity index is 479. The summed E-state index contributed by atoms with van der Waals surface area (Å²) in [5, 5.41) is 9.75. The Morgan fingerprint density at radius 2 is 1.68 bits per heavy atom. The zero-order chi connectivity index (χ0) is 13.5.